The van der Waals surface area contributed by atoms with E-state index in [4.69, 9.17) is 14.7 Å². The van der Waals surface area contributed by atoms with Crippen LogP contribution in [-0.4, -0.2) is 37.2 Å². The Morgan fingerprint density at radius 3 is 2.35 bits per heavy atom. The van der Waals surface area contributed by atoms with E-state index in [1.165, 1.54) is 7.11 Å². The van der Waals surface area contributed by atoms with E-state index in [0.717, 1.165) is 0 Å². The number of ether oxygens (including phenoxy) is 3. The van der Waals surface area contributed by atoms with E-state index >= 15 is 0 Å². The maximum absolute atomic E-state index is 10.9. The number of hydrogen-bond acceptors (Lipinski definition) is 6. The van der Waals surface area contributed by atoms with Crippen molar-refractivity contribution < 1.29 is 24.2 Å². The van der Waals surface area contributed by atoms with E-state index in [0.29, 0.717) is 36.7 Å². The van der Waals surface area contributed by atoms with Crippen LogP contribution < -0.4 is 9.47 Å². The summed E-state index contributed by atoms with van der Waals surface area (Å²) in [6.07, 6.45) is 0.953. The fourth-order valence-corrected chi connectivity index (χ4v) is 1.36. The molecule has 110 valence electrons. The SMILES string of the molecule is COC(=O)CCCOc1ccc(OCC(C)=NO)cc1. The van der Waals surface area contributed by atoms with Gasteiger partial charge in [-0.2, -0.15) is 0 Å². The molecule has 20 heavy (non-hydrogen) atoms. The molecule has 1 rings (SSSR count). The van der Waals surface area contributed by atoms with Crippen LogP contribution in [0.2, 0.25) is 0 Å². The van der Waals surface area contributed by atoms with Gasteiger partial charge in [0, 0.05) is 6.42 Å². The van der Waals surface area contributed by atoms with Crippen LogP contribution in [0.5, 0.6) is 11.5 Å². The Bertz CT molecular complexity index is 441. The third-order valence-corrected chi connectivity index (χ3v) is 2.46. The zero-order chi connectivity index (χ0) is 14.8. The quantitative estimate of drug-likeness (QED) is 0.260. The van der Waals surface area contributed by atoms with Crippen molar-refractivity contribution in [1.29, 1.82) is 0 Å². The molecule has 0 aromatic heterocycles. The number of nitrogens with zero attached hydrogens (tertiary/aromatic N) is 1. The highest BCUT2D eigenvalue weighted by atomic mass is 16.5. The predicted molar refractivity (Wildman–Crippen MR) is 73.6 cm³/mol. The molecule has 0 aliphatic heterocycles. The molecule has 6 heteroatoms. The van der Waals surface area contributed by atoms with E-state index in [2.05, 4.69) is 9.89 Å². The first kappa shape index (κ1) is 15.8. The molecule has 0 fully saturated rings. The van der Waals surface area contributed by atoms with Crippen LogP contribution in [0.4, 0.5) is 0 Å². The van der Waals surface area contributed by atoms with E-state index in [-0.39, 0.29) is 12.6 Å². The summed E-state index contributed by atoms with van der Waals surface area (Å²) < 4.78 is 15.4. The Morgan fingerprint density at radius 2 is 1.80 bits per heavy atom. The van der Waals surface area contributed by atoms with Gasteiger partial charge >= 0.3 is 5.97 Å². The van der Waals surface area contributed by atoms with Crippen molar-refractivity contribution in [3.8, 4) is 11.5 Å². The van der Waals surface area contributed by atoms with Crippen LogP contribution in [0.3, 0.4) is 0 Å². The van der Waals surface area contributed by atoms with E-state index in [1.54, 1.807) is 31.2 Å². The third-order valence-electron chi connectivity index (χ3n) is 2.46. The van der Waals surface area contributed by atoms with Gasteiger partial charge in [-0.25, -0.2) is 0 Å². The minimum Gasteiger partial charge on any atom is -0.494 e. The summed E-state index contributed by atoms with van der Waals surface area (Å²) in [4.78, 5) is 10.9. The van der Waals surface area contributed by atoms with Gasteiger partial charge in [0.05, 0.1) is 19.4 Å². The van der Waals surface area contributed by atoms with Gasteiger partial charge in [0.25, 0.3) is 0 Å². The number of benzene rings is 1. The standard InChI is InChI=1S/C14H19NO5/c1-11(15-17)10-20-13-7-5-12(6-8-13)19-9-3-4-14(16)18-2/h5-8,17H,3-4,9-10H2,1-2H3. The van der Waals surface area contributed by atoms with Gasteiger partial charge in [-0.15, -0.1) is 0 Å². The van der Waals surface area contributed by atoms with Gasteiger partial charge in [0.15, 0.2) is 0 Å². The highest BCUT2D eigenvalue weighted by Crippen LogP contribution is 2.17. The van der Waals surface area contributed by atoms with Crippen molar-refractivity contribution in [3.63, 3.8) is 0 Å². The lowest BCUT2D eigenvalue weighted by molar-refractivity contribution is -0.140. The average Bonchev–Trinajstić information content (AvgIpc) is 2.49. The molecule has 1 aromatic carbocycles. The fourth-order valence-electron chi connectivity index (χ4n) is 1.36. The molecule has 6 nitrogen and oxygen atoms in total. The number of hydrogen-bond donors (Lipinski definition) is 1. The number of methoxy groups -OCH3 is 1. The van der Waals surface area contributed by atoms with Gasteiger partial charge in [-0.05, 0) is 37.6 Å². The van der Waals surface area contributed by atoms with Gasteiger partial charge in [-0.3, -0.25) is 4.79 Å². The Morgan fingerprint density at radius 1 is 1.20 bits per heavy atom. The Balaban J connectivity index is 2.30. The fraction of sp³-hybridized carbons (Fsp3) is 0.429. The number of oxime groups is 1. The molecule has 0 aliphatic rings. The highest BCUT2D eigenvalue weighted by Gasteiger charge is 2.01. The molecule has 0 unspecified atom stereocenters. The predicted octanol–water partition coefficient (Wildman–Crippen LogP) is 2.25. The number of carbonyl (C=O) groups excluding carboxylic acids is 1. The van der Waals surface area contributed by atoms with Gasteiger partial charge in [-0.1, -0.05) is 5.16 Å². The first-order valence-electron chi connectivity index (χ1n) is 6.25. The monoisotopic (exact) mass is 281 g/mol. The molecule has 0 saturated carbocycles. The van der Waals surface area contributed by atoms with Crippen LogP contribution >= 0.6 is 0 Å². The van der Waals surface area contributed by atoms with Crippen molar-refractivity contribution >= 4 is 11.7 Å². The molecule has 0 bridgehead atoms. The van der Waals surface area contributed by atoms with Crippen molar-refractivity contribution in [2.75, 3.05) is 20.3 Å². The van der Waals surface area contributed by atoms with E-state index in [9.17, 15) is 4.79 Å². The van der Waals surface area contributed by atoms with Crippen molar-refractivity contribution in [3.05, 3.63) is 24.3 Å². The van der Waals surface area contributed by atoms with Gasteiger partial charge in [0.2, 0.25) is 0 Å². The smallest absolute Gasteiger partial charge is 0.305 e. The maximum Gasteiger partial charge on any atom is 0.305 e. The summed E-state index contributed by atoms with van der Waals surface area (Å²) in [6, 6.07) is 7.08. The normalized spacial score (nSPS) is 11.0. The average molecular weight is 281 g/mol. The second-order valence-electron chi connectivity index (χ2n) is 4.12. The molecule has 1 N–H and O–H groups in total. The molecule has 0 spiro atoms. The molecular weight excluding hydrogens is 262 g/mol. The van der Waals surface area contributed by atoms with E-state index in [1.807, 2.05) is 0 Å². The first-order valence-corrected chi connectivity index (χ1v) is 6.25. The molecule has 0 atom stereocenters. The summed E-state index contributed by atoms with van der Waals surface area (Å²) in [5.74, 6) is 1.13. The van der Waals surface area contributed by atoms with E-state index < -0.39 is 0 Å². The second kappa shape index (κ2) is 8.79. The topological polar surface area (TPSA) is 77.4 Å². The lowest BCUT2D eigenvalue weighted by atomic mass is 10.3. The number of esters is 1. The summed E-state index contributed by atoms with van der Waals surface area (Å²) in [6.45, 7) is 2.35. The van der Waals surface area contributed by atoms with Crippen LogP contribution in [0.15, 0.2) is 29.4 Å². The zero-order valence-corrected chi connectivity index (χ0v) is 11.7. The summed E-state index contributed by atoms with van der Waals surface area (Å²) in [7, 11) is 1.37. The second-order valence-corrected chi connectivity index (χ2v) is 4.12. The number of carbonyl (C=O) groups is 1. The lowest BCUT2D eigenvalue weighted by Crippen LogP contribution is -2.07. The minimum atomic E-state index is -0.238. The van der Waals surface area contributed by atoms with Crippen molar-refractivity contribution in [2.24, 2.45) is 5.16 Å². The van der Waals surface area contributed by atoms with Crippen molar-refractivity contribution in [2.45, 2.75) is 19.8 Å². The molecule has 0 amide bonds. The van der Waals surface area contributed by atoms with Crippen molar-refractivity contribution in [1.82, 2.24) is 0 Å². The first-order chi connectivity index (χ1) is 9.65. The minimum absolute atomic E-state index is 0.232. The summed E-state index contributed by atoms with van der Waals surface area (Å²) >= 11 is 0. The largest absolute Gasteiger partial charge is 0.494 e. The Hall–Kier alpha value is -2.24. The van der Waals surface area contributed by atoms with Gasteiger partial charge in [0.1, 0.15) is 18.1 Å². The van der Waals surface area contributed by atoms with Crippen LogP contribution in [0.1, 0.15) is 19.8 Å². The molecule has 1 aromatic rings. The van der Waals surface area contributed by atoms with Crippen LogP contribution in [-0.2, 0) is 9.53 Å². The molecule has 0 saturated heterocycles. The maximum atomic E-state index is 10.9. The highest BCUT2D eigenvalue weighted by molar-refractivity contribution is 5.82. The summed E-state index contributed by atoms with van der Waals surface area (Å²) in [5, 5.41) is 11.5. The molecule has 0 aliphatic carbocycles. The Kier molecular flexibility index (Phi) is 6.95. The molecule has 0 heterocycles. The zero-order valence-electron chi connectivity index (χ0n) is 11.7. The van der Waals surface area contributed by atoms with Crippen LogP contribution in [0, 0.1) is 0 Å². The summed E-state index contributed by atoms with van der Waals surface area (Å²) in [5.41, 5.74) is 0.494. The van der Waals surface area contributed by atoms with Gasteiger partial charge < -0.3 is 19.4 Å². The van der Waals surface area contributed by atoms with Crippen LogP contribution in [0.25, 0.3) is 0 Å². The third kappa shape index (κ3) is 6.08. The lowest BCUT2D eigenvalue weighted by Gasteiger charge is -2.08. The Labute approximate surface area is 117 Å². The molecular formula is C14H19NO5. The number of rotatable bonds is 8. The molecule has 0 radical (unpaired) electrons.